The second kappa shape index (κ2) is 3.16. The lowest BCUT2D eigenvalue weighted by Gasteiger charge is -1.99. The molecule has 0 radical (unpaired) electrons. The van der Waals surface area contributed by atoms with E-state index in [4.69, 9.17) is 0 Å². The van der Waals surface area contributed by atoms with Gasteiger partial charge in [0, 0.05) is 17.1 Å². The number of hydrogen-bond acceptors (Lipinski definition) is 3. The van der Waals surface area contributed by atoms with E-state index in [2.05, 4.69) is 20.2 Å². The van der Waals surface area contributed by atoms with E-state index in [-0.39, 0.29) is 0 Å². The van der Waals surface area contributed by atoms with Crippen LogP contribution in [0.4, 0.5) is 0 Å². The molecule has 0 atom stereocenters. The molecule has 0 spiro atoms. The molecule has 72 valence electrons. The standard InChI is InChI=1S/C11H8N4/c1-2-9-6-14-15-11(9)5-8(1)10-3-4-12-7-13-10/h1-7H,(H,14,15). The minimum Gasteiger partial charge on any atom is -0.278 e. The van der Waals surface area contributed by atoms with Gasteiger partial charge in [0.15, 0.2) is 0 Å². The first-order valence-corrected chi connectivity index (χ1v) is 4.63. The lowest BCUT2D eigenvalue weighted by molar-refractivity contribution is 1.12. The van der Waals surface area contributed by atoms with Crippen molar-refractivity contribution in [3.05, 3.63) is 43.0 Å². The van der Waals surface area contributed by atoms with Crippen molar-refractivity contribution >= 4 is 10.9 Å². The third-order valence-corrected chi connectivity index (χ3v) is 2.32. The summed E-state index contributed by atoms with van der Waals surface area (Å²) in [5.41, 5.74) is 3.00. The molecule has 4 heteroatoms. The molecule has 3 aromatic rings. The molecule has 15 heavy (non-hydrogen) atoms. The molecule has 0 aliphatic heterocycles. The summed E-state index contributed by atoms with van der Waals surface area (Å²) in [6, 6.07) is 7.97. The van der Waals surface area contributed by atoms with Gasteiger partial charge in [-0.3, -0.25) is 5.10 Å². The summed E-state index contributed by atoms with van der Waals surface area (Å²) < 4.78 is 0. The van der Waals surface area contributed by atoms with E-state index in [0.29, 0.717) is 0 Å². The normalized spacial score (nSPS) is 10.7. The van der Waals surface area contributed by atoms with E-state index in [0.717, 1.165) is 22.2 Å². The number of hydrogen-bond donors (Lipinski definition) is 1. The summed E-state index contributed by atoms with van der Waals surface area (Å²) in [4.78, 5) is 8.09. The molecule has 0 aliphatic rings. The van der Waals surface area contributed by atoms with Crippen LogP contribution in [0, 0.1) is 0 Å². The van der Waals surface area contributed by atoms with E-state index in [1.54, 1.807) is 18.7 Å². The van der Waals surface area contributed by atoms with Gasteiger partial charge in [-0.1, -0.05) is 12.1 Å². The lowest BCUT2D eigenvalue weighted by Crippen LogP contribution is -1.83. The van der Waals surface area contributed by atoms with Crippen LogP contribution >= 0.6 is 0 Å². The third-order valence-electron chi connectivity index (χ3n) is 2.32. The van der Waals surface area contributed by atoms with Crippen molar-refractivity contribution in [1.29, 1.82) is 0 Å². The van der Waals surface area contributed by atoms with Gasteiger partial charge in [-0.2, -0.15) is 5.10 Å². The molecule has 0 fully saturated rings. The van der Waals surface area contributed by atoms with Crippen LogP contribution in [0.25, 0.3) is 22.2 Å². The first-order chi connectivity index (χ1) is 7.43. The van der Waals surface area contributed by atoms with E-state index < -0.39 is 0 Å². The Kier molecular flexibility index (Phi) is 1.71. The number of fused-ring (bicyclic) bond motifs is 1. The van der Waals surface area contributed by atoms with Gasteiger partial charge in [0.25, 0.3) is 0 Å². The van der Waals surface area contributed by atoms with Crippen LogP contribution in [-0.4, -0.2) is 20.2 Å². The zero-order valence-corrected chi connectivity index (χ0v) is 7.88. The maximum Gasteiger partial charge on any atom is 0.116 e. The summed E-state index contributed by atoms with van der Waals surface area (Å²) >= 11 is 0. The fourth-order valence-corrected chi connectivity index (χ4v) is 1.56. The van der Waals surface area contributed by atoms with Crippen LogP contribution in [-0.2, 0) is 0 Å². The van der Waals surface area contributed by atoms with E-state index in [9.17, 15) is 0 Å². The van der Waals surface area contributed by atoms with Gasteiger partial charge in [-0.15, -0.1) is 0 Å². The van der Waals surface area contributed by atoms with Gasteiger partial charge in [0.05, 0.1) is 17.4 Å². The monoisotopic (exact) mass is 196 g/mol. The first kappa shape index (κ1) is 8.11. The second-order valence-electron chi connectivity index (χ2n) is 3.27. The zero-order valence-electron chi connectivity index (χ0n) is 7.88. The van der Waals surface area contributed by atoms with Crippen LogP contribution in [0.1, 0.15) is 0 Å². The van der Waals surface area contributed by atoms with Gasteiger partial charge in [0.2, 0.25) is 0 Å². The largest absolute Gasteiger partial charge is 0.278 e. The highest BCUT2D eigenvalue weighted by atomic mass is 15.1. The van der Waals surface area contributed by atoms with Crippen molar-refractivity contribution in [3.63, 3.8) is 0 Å². The van der Waals surface area contributed by atoms with Crippen molar-refractivity contribution in [2.75, 3.05) is 0 Å². The number of H-pyrrole nitrogens is 1. The Morgan fingerprint density at radius 3 is 3.00 bits per heavy atom. The molecule has 4 nitrogen and oxygen atoms in total. The van der Waals surface area contributed by atoms with Crippen LogP contribution in [0.3, 0.4) is 0 Å². The van der Waals surface area contributed by atoms with Crippen molar-refractivity contribution in [1.82, 2.24) is 20.2 Å². The summed E-state index contributed by atoms with van der Waals surface area (Å²) in [7, 11) is 0. The van der Waals surface area contributed by atoms with Crippen molar-refractivity contribution in [2.45, 2.75) is 0 Å². The molecule has 0 amide bonds. The molecule has 3 rings (SSSR count). The average molecular weight is 196 g/mol. The van der Waals surface area contributed by atoms with Crippen molar-refractivity contribution in [3.8, 4) is 11.3 Å². The van der Waals surface area contributed by atoms with E-state index >= 15 is 0 Å². The second-order valence-corrected chi connectivity index (χ2v) is 3.27. The highest BCUT2D eigenvalue weighted by molar-refractivity contribution is 5.82. The minimum atomic E-state index is 0.918. The lowest BCUT2D eigenvalue weighted by atomic mass is 10.1. The molecule has 2 aromatic heterocycles. The van der Waals surface area contributed by atoms with E-state index in [1.165, 1.54) is 0 Å². The predicted octanol–water partition coefficient (Wildman–Crippen LogP) is 2.02. The van der Waals surface area contributed by atoms with Crippen molar-refractivity contribution < 1.29 is 0 Å². The number of aromatic nitrogens is 4. The molecule has 0 saturated carbocycles. The fraction of sp³-hybridized carbons (Fsp3) is 0. The third kappa shape index (κ3) is 1.36. The Hall–Kier alpha value is -2.23. The van der Waals surface area contributed by atoms with Gasteiger partial charge in [-0.05, 0) is 12.1 Å². The highest BCUT2D eigenvalue weighted by Crippen LogP contribution is 2.20. The van der Waals surface area contributed by atoms with Gasteiger partial charge in [-0.25, -0.2) is 9.97 Å². The van der Waals surface area contributed by atoms with Gasteiger partial charge >= 0.3 is 0 Å². The maximum atomic E-state index is 4.19. The molecule has 0 aliphatic carbocycles. The Balaban J connectivity index is 2.19. The molecule has 0 bridgehead atoms. The number of nitrogens with zero attached hydrogens (tertiary/aromatic N) is 3. The summed E-state index contributed by atoms with van der Waals surface area (Å²) in [6.45, 7) is 0. The molecular weight excluding hydrogens is 188 g/mol. The quantitative estimate of drug-likeness (QED) is 0.647. The Morgan fingerprint density at radius 2 is 2.13 bits per heavy atom. The topological polar surface area (TPSA) is 54.5 Å². The number of rotatable bonds is 1. The first-order valence-electron chi connectivity index (χ1n) is 4.63. The summed E-state index contributed by atoms with van der Waals surface area (Å²) in [6.07, 6.45) is 5.09. The average Bonchev–Trinajstić information content (AvgIpc) is 2.77. The van der Waals surface area contributed by atoms with Gasteiger partial charge in [0.1, 0.15) is 6.33 Å². The number of aromatic amines is 1. The number of nitrogens with one attached hydrogen (secondary N) is 1. The van der Waals surface area contributed by atoms with Gasteiger partial charge < -0.3 is 0 Å². The van der Waals surface area contributed by atoms with Crippen LogP contribution < -0.4 is 0 Å². The van der Waals surface area contributed by atoms with E-state index in [1.807, 2.05) is 24.3 Å². The zero-order chi connectivity index (χ0) is 10.1. The van der Waals surface area contributed by atoms with Crippen LogP contribution in [0.5, 0.6) is 0 Å². The molecule has 2 heterocycles. The minimum absolute atomic E-state index is 0.918. The summed E-state index contributed by atoms with van der Waals surface area (Å²) in [5, 5.41) is 8.02. The Morgan fingerprint density at radius 1 is 1.13 bits per heavy atom. The highest BCUT2D eigenvalue weighted by Gasteiger charge is 2.00. The molecule has 1 aromatic carbocycles. The maximum absolute atomic E-state index is 4.19. The smallest absolute Gasteiger partial charge is 0.116 e. The number of benzene rings is 1. The Bertz CT molecular complexity index is 586. The SMILES string of the molecule is c1cc(-c2ccc3cn[nH]c3c2)ncn1. The predicted molar refractivity (Wildman–Crippen MR) is 57.1 cm³/mol. The van der Waals surface area contributed by atoms with Crippen molar-refractivity contribution in [2.24, 2.45) is 0 Å². The summed E-state index contributed by atoms with van der Waals surface area (Å²) in [5.74, 6) is 0. The van der Waals surface area contributed by atoms with Crippen LogP contribution in [0.2, 0.25) is 0 Å². The fourth-order valence-electron chi connectivity index (χ4n) is 1.56. The molecule has 0 unspecified atom stereocenters. The molecule has 0 saturated heterocycles. The molecule has 1 N–H and O–H groups in total. The van der Waals surface area contributed by atoms with Crippen LogP contribution in [0.15, 0.2) is 43.0 Å². The Labute approximate surface area is 86.0 Å². The molecular formula is C11H8N4.